The second-order valence-electron chi connectivity index (χ2n) is 6.32. The third kappa shape index (κ3) is 2.35. The van der Waals surface area contributed by atoms with Crippen LogP contribution < -0.4 is 5.32 Å². The summed E-state index contributed by atoms with van der Waals surface area (Å²) in [5, 5.41) is 3.91. The lowest BCUT2D eigenvalue weighted by molar-refractivity contribution is -0.152. The Morgan fingerprint density at radius 1 is 1.38 bits per heavy atom. The molecule has 114 valence electrons. The van der Waals surface area contributed by atoms with Crippen LogP contribution in [0.2, 0.25) is 0 Å². The normalized spacial score (nSPS) is 27.7. The van der Waals surface area contributed by atoms with Gasteiger partial charge in [-0.05, 0) is 46.5 Å². The van der Waals surface area contributed by atoms with Gasteiger partial charge in [0.2, 0.25) is 11.8 Å². The molecular formula is C15H21N3O2S. The molecule has 2 unspecified atom stereocenters. The summed E-state index contributed by atoms with van der Waals surface area (Å²) in [7, 11) is 0. The maximum Gasteiger partial charge on any atom is 0.249 e. The van der Waals surface area contributed by atoms with E-state index >= 15 is 0 Å². The van der Waals surface area contributed by atoms with E-state index in [0.29, 0.717) is 0 Å². The molecule has 2 aliphatic rings. The van der Waals surface area contributed by atoms with Crippen molar-refractivity contribution in [3.05, 3.63) is 15.6 Å². The van der Waals surface area contributed by atoms with Crippen LogP contribution >= 0.6 is 11.3 Å². The smallest absolute Gasteiger partial charge is 0.249 e. The highest BCUT2D eigenvalue weighted by molar-refractivity contribution is 7.11. The molecule has 1 aromatic heterocycles. The highest BCUT2D eigenvalue weighted by Crippen LogP contribution is 2.43. The molecule has 1 aromatic rings. The third-order valence-electron chi connectivity index (χ3n) is 4.60. The van der Waals surface area contributed by atoms with Crippen LogP contribution in [0.25, 0.3) is 0 Å². The highest BCUT2D eigenvalue weighted by atomic mass is 32.1. The van der Waals surface area contributed by atoms with Gasteiger partial charge in [0.25, 0.3) is 0 Å². The number of aromatic nitrogens is 1. The number of thiazole rings is 1. The Morgan fingerprint density at radius 3 is 2.57 bits per heavy atom. The van der Waals surface area contributed by atoms with Gasteiger partial charge in [-0.3, -0.25) is 9.59 Å². The standard InChI is InChI=1S/C15H21N3O2S/c1-8-13(21-10(3)16-8)9(2)18-7-12(19)17-15(4,14(18)20)11-5-6-11/h9,11H,5-7H2,1-4H3,(H,17,19). The van der Waals surface area contributed by atoms with Gasteiger partial charge in [-0.1, -0.05) is 0 Å². The topological polar surface area (TPSA) is 62.3 Å². The zero-order chi connectivity index (χ0) is 15.4. The molecule has 6 heteroatoms. The Balaban J connectivity index is 1.91. The molecule has 2 atom stereocenters. The fraction of sp³-hybridized carbons (Fsp3) is 0.667. The predicted octanol–water partition coefficient (Wildman–Crippen LogP) is 1.95. The molecule has 1 aliphatic heterocycles. The van der Waals surface area contributed by atoms with E-state index in [1.807, 2.05) is 27.7 Å². The Labute approximate surface area is 128 Å². The molecule has 1 aliphatic carbocycles. The van der Waals surface area contributed by atoms with Crippen molar-refractivity contribution in [3.8, 4) is 0 Å². The summed E-state index contributed by atoms with van der Waals surface area (Å²) in [5.74, 6) is 0.269. The molecule has 2 amide bonds. The van der Waals surface area contributed by atoms with Gasteiger partial charge >= 0.3 is 0 Å². The summed E-state index contributed by atoms with van der Waals surface area (Å²) in [6.07, 6.45) is 2.03. The van der Waals surface area contributed by atoms with Crippen molar-refractivity contribution in [1.29, 1.82) is 0 Å². The molecule has 0 radical (unpaired) electrons. The van der Waals surface area contributed by atoms with Crippen LogP contribution in [-0.2, 0) is 9.59 Å². The van der Waals surface area contributed by atoms with Gasteiger partial charge in [0.05, 0.1) is 16.7 Å². The van der Waals surface area contributed by atoms with Crippen LogP contribution in [0, 0.1) is 19.8 Å². The molecule has 1 N–H and O–H groups in total. The van der Waals surface area contributed by atoms with Crippen LogP contribution in [0.5, 0.6) is 0 Å². The molecule has 1 saturated carbocycles. The van der Waals surface area contributed by atoms with E-state index in [1.165, 1.54) is 0 Å². The SMILES string of the molecule is Cc1nc(C)c(C(C)N2CC(=O)NC(C)(C3CC3)C2=O)s1. The van der Waals surface area contributed by atoms with E-state index in [1.54, 1.807) is 16.2 Å². The van der Waals surface area contributed by atoms with E-state index in [0.717, 1.165) is 28.4 Å². The van der Waals surface area contributed by atoms with E-state index in [2.05, 4.69) is 10.3 Å². The van der Waals surface area contributed by atoms with Gasteiger partial charge in [0, 0.05) is 4.88 Å². The minimum atomic E-state index is -0.725. The Bertz CT molecular complexity index is 608. The predicted molar refractivity (Wildman–Crippen MR) is 81.0 cm³/mol. The van der Waals surface area contributed by atoms with Crippen molar-refractivity contribution in [2.75, 3.05) is 6.54 Å². The lowest BCUT2D eigenvalue weighted by Crippen LogP contribution is -2.66. The molecule has 3 rings (SSSR count). The summed E-state index contributed by atoms with van der Waals surface area (Å²) in [5.41, 5.74) is 0.230. The van der Waals surface area contributed by atoms with Crippen molar-refractivity contribution < 1.29 is 9.59 Å². The van der Waals surface area contributed by atoms with Crippen LogP contribution in [0.15, 0.2) is 0 Å². The maximum atomic E-state index is 12.9. The number of rotatable bonds is 3. The van der Waals surface area contributed by atoms with Crippen molar-refractivity contribution in [1.82, 2.24) is 15.2 Å². The number of aryl methyl sites for hydroxylation is 2. The van der Waals surface area contributed by atoms with Gasteiger partial charge < -0.3 is 10.2 Å². The highest BCUT2D eigenvalue weighted by Gasteiger charge is 2.53. The zero-order valence-electron chi connectivity index (χ0n) is 12.9. The number of hydrogen-bond donors (Lipinski definition) is 1. The van der Waals surface area contributed by atoms with E-state index in [9.17, 15) is 9.59 Å². The number of carbonyl (C=O) groups is 2. The summed E-state index contributed by atoms with van der Waals surface area (Å²) in [4.78, 5) is 32.2. The number of piperazine rings is 1. The number of carbonyl (C=O) groups excluding carboxylic acids is 2. The summed E-state index contributed by atoms with van der Waals surface area (Å²) in [6.45, 7) is 7.92. The van der Waals surface area contributed by atoms with Gasteiger partial charge in [0.1, 0.15) is 12.1 Å². The maximum absolute atomic E-state index is 12.9. The Hall–Kier alpha value is -1.43. The number of nitrogens with zero attached hydrogens (tertiary/aromatic N) is 2. The second-order valence-corrected chi connectivity index (χ2v) is 7.55. The van der Waals surface area contributed by atoms with Crippen LogP contribution in [0.3, 0.4) is 0 Å². The average Bonchev–Trinajstić information content (AvgIpc) is 3.19. The first kappa shape index (κ1) is 14.5. The summed E-state index contributed by atoms with van der Waals surface area (Å²) < 4.78 is 0. The van der Waals surface area contributed by atoms with Crippen molar-refractivity contribution in [2.45, 2.75) is 52.1 Å². The van der Waals surface area contributed by atoms with Crippen LogP contribution in [-0.4, -0.2) is 33.8 Å². The first-order chi connectivity index (χ1) is 9.83. The van der Waals surface area contributed by atoms with E-state index < -0.39 is 5.54 Å². The zero-order valence-corrected chi connectivity index (χ0v) is 13.7. The molecule has 5 nitrogen and oxygen atoms in total. The lowest BCUT2D eigenvalue weighted by atomic mass is 9.90. The summed E-state index contributed by atoms with van der Waals surface area (Å²) >= 11 is 1.61. The quantitative estimate of drug-likeness (QED) is 0.928. The number of hydrogen-bond acceptors (Lipinski definition) is 4. The monoisotopic (exact) mass is 307 g/mol. The molecule has 1 saturated heterocycles. The summed E-state index contributed by atoms with van der Waals surface area (Å²) in [6, 6.07) is -0.104. The lowest BCUT2D eigenvalue weighted by Gasteiger charge is -2.42. The Morgan fingerprint density at radius 2 is 2.05 bits per heavy atom. The second kappa shape index (κ2) is 4.80. The minimum absolute atomic E-state index is 0.0440. The average molecular weight is 307 g/mol. The molecule has 2 fully saturated rings. The van der Waals surface area contributed by atoms with Gasteiger partial charge in [-0.15, -0.1) is 11.3 Å². The van der Waals surface area contributed by atoms with Gasteiger partial charge in [-0.25, -0.2) is 4.98 Å². The largest absolute Gasteiger partial charge is 0.340 e. The van der Waals surface area contributed by atoms with E-state index in [-0.39, 0.29) is 30.3 Å². The molecule has 2 heterocycles. The van der Waals surface area contributed by atoms with Crippen molar-refractivity contribution >= 4 is 23.2 Å². The van der Waals surface area contributed by atoms with Crippen molar-refractivity contribution in [3.63, 3.8) is 0 Å². The molecular weight excluding hydrogens is 286 g/mol. The van der Waals surface area contributed by atoms with Crippen LogP contribution in [0.4, 0.5) is 0 Å². The third-order valence-corrected chi connectivity index (χ3v) is 5.84. The molecule has 0 aromatic carbocycles. The fourth-order valence-corrected chi connectivity index (χ4v) is 4.23. The number of amides is 2. The number of nitrogens with one attached hydrogen (secondary N) is 1. The molecule has 21 heavy (non-hydrogen) atoms. The van der Waals surface area contributed by atoms with E-state index in [4.69, 9.17) is 0 Å². The van der Waals surface area contributed by atoms with Gasteiger partial charge in [0.15, 0.2) is 0 Å². The molecule has 0 bridgehead atoms. The first-order valence-electron chi connectivity index (χ1n) is 7.39. The first-order valence-corrected chi connectivity index (χ1v) is 8.20. The van der Waals surface area contributed by atoms with Crippen LogP contribution in [0.1, 0.15) is 48.3 Å². The Kier molecular flexibility index (Phi) is 3.31. The van der Waals surface area contributed by atoms with Crippen molar-refractivity contribution in [2.24, 2.45) is 5.92 Å². The molecule has 0 spiro atoms. The van der Waals surface area contributed by atoms with Gasteiger partial charge in [-0.2, -0.15) is 0 Å². The minimum Gasteiger partial charge on any atom is -0.340 e. The fourth-order valence-electron chi connectivity index (χ4n) is 3.23.